The molecule has 0 bridgehead atoms. The van der Waals surface area contributed by atoms with Crippen molar-refractivity contribution in [2.45, 2.75) is 26.4 Å². The molecule has 9 heteroatoms. The molecule has 1 aliphatic rings. The molecule has 0 saturated carbocycles. The van der Waals surface area contributed by atoms with E-state index in [1.807, 2.05) is 32.0 Å². The van der Waals surface area contributed by atoms with E-state index in [0.29, 0.717) is 28.0 Å². The molecule has 9 nitrogen and oxygen atoms in total. The Morgan fingerprint density at radius 2 is 1.00 bits per heavy atom. The molecular formula is C32H28O9. The molecule has 0 aliphatic heterocycles. The minimum absolute atomic E-state index is 0.00342. The van der Waals surface area contributed by atoms with Crippen LogP contribution in [0, 0.1) is 13.8 Å². The van der Waals surface area contributed by atoms with Gasteiger partial charge in [0.1, 0.15) is 11.9 Å². The lowest BCUT2D eigenvalue weighted by Crippen LogP contribution is -2.25. The molecule has 1 aliphatic carbocycles. The summed E-state index contributed by atoms with van der Waals surface area (Å²) >= 11 is 0. The average molecular weight is 557 g/mol. The van der Waals surface area contributed by atoms with E-state index in [4.69, 9.17) is 23.7 Å². The Balaban J connectivity index is 1.88. The van der Waals surface area contributed by atoms with Gasteiger partial charge in [-0.05, 0) is 76.3 Å². The Kier molecular flexibility index (Phi) is 7.13. The van der Waals surface area contributed by atoms with E-state index in [9.17, 15) is 19.2 Å². The van der Waals surface area contributed by atoms with Crippen LogP contribution in [0.4, 0.5) is 0 Å². The van der Waals surface area contributed by atoms with E-state index in [0.717, 1.165) is 28.0 Å². The van der Waals surface area contributed by atoms with Gasteiger partial charge in [0.25, 0.3) is 0 Å². The van der Waals surface area contributed by atoms with Crippen molar-refractivity contribution in [2.24, 2.45) is 0 Å². The third-order valence-electron chi connectivity index (χ3n) is 7.55. The zero-order chi connectivity index (χ0) is 29.6. The molecule has 0 fully saturated rings. The second-order valence-electron chi connectivity index (χ2n) is 9.78. The minimum atomic E-state index is -0.731. The van der Waals surface area contributed by atoms with Crippen molar-refractivity contribution in [3.05, 3.63) is 87.0 Å². The van der Waals surface area contributed by atoms with E-state index in [2.05, 4.69) is 0 Å². The molecule has 0 heterocycles. The Morgan fingerprint density at radius 1 is 0.610 bits per heavy atom. The number of carbonyl (C=O) groups is 4. The molecule has 0 aromatic heterocycles. The number of ether oxygens (including phenoxy) is 5. The Labute approximate surface area is 235 Å². The number of benzene rings is 4. The Hall–Kier alpha value is -4.92. The largest absolute Gasteiger partial charge is 0.485 e. The predicted octanol–water partition coefficient (Wildman–Crippen LogP) is 5.43. The summed E-state index contributed by atoms with van der Waals surface area (Å²) in [5.41, 5.74) is 3.72. The topological polar surface area (TPSA) is 114 Å². The molecular weight excluding hydrogens is 528 g/mol. The van der Waals surface area contributed by atoms with Gasteiger partial charge in [0.2, 0.25) is 0 Å². The van der Waals surface area contributed by atoms with Crippen LogP contribution in [0.2, 0.25) is 0 Å². The number of methoxy groups -OCH3 is 4. The van der Waals surface area contributed by atoms with Gasteiger partial charge >= 0.3 is 23.9 Å². The maximum atomic E-state index is 12.8. The van der Waals surface area contributed by atoms with Crippen molar-refractivity contribution in [3.8, 4) is 5.75 Å². The summed E-state index contributed by atoms with van der Waals surface area (Å²) in [6.45, 7) is 3.94. The lowest BCUT2D eigenvalue weighted by molar-refractivity contribution is 0.0555. The molecule has 1 unspecified atom stereocenters. The van der Waals surface area contributed by atoms with Gasteiger partial charge in [0.05, 0.1) is 50.7 Å². The number of rotatable bonds is 6. The first-order valence-corrected chi connectivity index (χ1v) is 12.8. The van der Waals surface area contributed by atoms with Crippen molar-refractivity contribution < 1.29 is 42.9 Å². The molecule has 41 heavy (non-hydrogen) atoms. The summed E-state index contributed by atoms with van der Waals surface area (Å²) in [7, 11) is 4.90. The lowest BCUT2D eigenvalue weighted by atomic mass is 9.76. The monoisotopic (exact) mass is 556 g/mol. The second kappa shape index (κ2) is 10.6. The summed E-state index contributed by atoms with van der Waals surface area (Å²) in [5, 5.41) is 2.47. The molecule has 0 amide bonds. The van der Waals surface area contributed by atoms with Gasteiger partial charge in [-0.2, -0.15) is 0 Å². The van der Waals surface area contributed by atoms with Crippen molar-refractivity contribution in [2.75, 3.05) is 28.4 Å². The fourth-order valence-corrected chi connectivity index (χ4v) is 5.51. The SMILES string of the molecule is COC(=O)c1cc2c3c(c4cc(C(=O)OC)c(C(=O)OC)cc4c2cc1C(=O)OC)C(Oc1c(C)cccc1C)C3. The smallest absolute Gasteiger partial charge is 0.338 e. The van der Waals surface area contributed by atoms with Crippen molar-refractivity contribution in [3.63, 3.8) is 0 Å². The molecule has 4 aromatic carbocycles. The third kappa shape index (κ3) is 4.43. The van der Waals surface area contributed by atoms with Gasteiger partial charge in [0, 0.05) is 12.0 Å². The molecule has 1 atom stereocenters. The summed E-state index contributed by atoms with van der Waals surface area (Å²) in [5.74, 6) is -2.10. The number of aryl methyl sites for hydroxylation is 2. The van der Waals surface area contributed by atoms with Gasteiger partial charge in [-0.1, -0.05) is 18.2 Å². The first-order chi connectivity index (χ1) is 19.6. The van der Waals surface area contributed by atoms with E-state index < -0.39 is 23.9 Å². The highest BCUT2D eigenvalue weighted by Gasteiger charge is 2.36. The maximum Gasteiger partial charge on any atom is 0.338 e. The highest BCUT2D eigenvalue weighted by atomic mass is 16.5. The van der Waals surface area contributed by atoms with Crippen LogP contribution in [-0.4, -0.2) is 52.3 Å². The van der Waals surface area contributed by atoms with Gasteiger partial charge in [0.15, 0.2) is 0 Å². The fourth-order valence-electron chi connectivity index (χ4n) is 5.51. The highest BCUT2D eigenvalue weighted by molar-refractivity contribution is 6.19. The van der Waals surface area contributed by atoms with Crippen LogP contribution in [0.15, 0.2) is 42.5 Å². The quantitative estimate of drug-likeness (QED) is 0.174. The van der Waals surface area contributed by atoms with Gasteiger partial charge in [-0.3, -0.25) is 0 Å². The van der Waals surface area contributed by atoms with Crippen LogP contribution in [0.5, 0.6) is 5.75 Å². The molecule has 0 spiro atoms. The van der Waals surface area contributed by atoms with E-state index in [1.54, 1.807) is 24.3 Å². The number of fused-ring (bicyclic) bond motifs is 6. The van der Waals surface area contributed by atoms with Gasteiger partial charge in [-0.25, -0.2) is 19.2 Å². The summed E-state index contributed by atoms with van der Waals surface area (Å²) in [4.78, 5) is 51.1. The maximum absolute atomic E-state index is 12.8. The van der Waals surface area contributed by atoms with Crippen LogP contribution in [0.25, 0.3) is 21.5 Å². The van der Waals surface area contributed by atoms with Crippen LogP contribution in [0.1, 0.15) is 69.8 Å². The normalized spacial score (nSPS) is 13.7. The van der Waals surface area contributed by atoms with Gasteiger partial charge < -0.3 is 23.7 Å². The molecule has 0 saturated heterocycles. The zero-order valence-electron chi connectivity index (χ0n) is 23.5. The Bertz CT molecular complexity index is 1760. The summed E-state index contributed by atoms with van der Waals surface area (Å²) in [6.07, 6.45) is 0.119. The molecule has 210 valence electrons. The van der Waals surface area contributed by atoms with E-state index in [-0.39, 0.29) is 28.4 Å². The number of hydrogen-bond donors (Lipinski definition) is 0. The molecule has 0 N–H and O–H groups in total. The molecule has 5 rings (SSSR count). The fraction of sp³-hybridized carbons (Fsp3) is 0.250. The summed E-state index contributed by atoms with van der Waals surface area (Å²) in [6, 6.07) is 12.2. The predicted molar refractivity (Wildman–Crippen MR) is 150 cm³/mol. The summed E-state index contributed by atoms with van der Waals surface area (Å²) < 4.78 is 26.4. The zero-order valence-corrected chi connectivity index (χ0v) is 23.5. The molecule has 0 radical (unpaired) electrons. The van der Waals surface area contributed by atoms with Gasteiger partial charge in [-0.15, -0.1) is 0 Å². The number of esters is 4. The highest BCUT2D eigenvalue weighted by Crippen LogP contribution is 2.48. The van der Waals surface area contributed by atoms with Crippen molar-refractivity contribution in [1.82, 2.24) is 0 Å². The Morgan fingerprint density at radius 3 is 1.44 bits per heavy atom. The van der Waals surface area contributed by atoms with Crippen molar-refractivity contribution >= 4 is 45.4 Å². The lowest BCUT2D eigenvalue weighted by Gasteiger charge is -2.35. The minimum Gasteiger partial charge on any atom is -0.485 e. The number of hydrogen-bond acceptors (Lipinski definition) is 9. The van der Waals surface area contributed by atoms with E-state index in [1.165, 1.54) is 28.4 Å². The number of para-hydroxylation sites is 1. The second-order valence-corrected chi connectivity index (χ2v) is 9.78. The van der Waals surface area contributed by atoms with Crippen molar-refractivity contribution in [1.29, 1.82) is 0 Å². The average Bonchev–Trinajstić information content (AvgIpc) is 2.97. The first-order valence-electron chi connectivity index (χ1n) is 12.8. The van der Waals surface area contributed by atoms with Crippen LogP contribution >= 0.6 is 0 Å². The van der Waals surface area contributed by atoms with Crippen LogP contribution < -0.4 is 4.74 Å². The van der Waals surface area contributed by atoms with Crippen LogP contribution in [0.3, 0.4) is 0 Å². The van der Waals surface area contributed by atoms with E-state index >= 15 is 0 Å². The first kappa shape index (κ1) is 27.6. The number of carbonyl (C=O) groups excluding carboxylic acids is 4. The standard InChI is InChI=1S/C32H28O9/c1-15-8-7-9-16(2)28(15)41-26-14-21-19-12-23(30(34)38-4)22(29(33)37-3)10-17(19)18-11-24(31(35)39-5)25(32(36)40-6)13-20(18)27(21)26/h7-13,26H,14H2,1-6H3. The third-order valence-corrected chi connectivity index (χ3v) is 7.55. The molecule has 4 aromatic rings. The van der Waals surface area contributed by atoms with Crippen LogP contribution in [-0.2, 0) is 25.4 Å².